The van der Waals surface area contributed by atoms with Crippen molar-refractivity contribution < 1.29 is 0 Å². The molecule has 2 rings (SSSR count). The Morgan fingerprint density at radius 3 is 2.46 bits per heavy atom. The Morgan fingerprint density at radius 2 is 1.92 bits per heavy atom. The molecule has 1 saturated carbocycles. The van der Waals surface area contributed by atoms with E-state index in [2.05, 4.69) is 12.0 Å². The van der Waals surface area contributed by atoms with E-state index in [1.165, 1.54) is 18.4 Å². The summed E-state index contributed by atoms with van der Waals surface area (Å²) in [6.07, 6.45) is 9.44. The van der Waals surface area contributed by atoms with Gasteiger partial charge in [-0.25, -0.2) is 0 Å². The Hall–Kier alpha value is -1.73. The van der Waals surface area contributed by atoms with Crippen LogP contribution in [0, 0.1) is 23.7 Å². The van der Waals surface area contributed by atoms with E-state index in [0.717, 1.165) is 0 Å². The van der Waals surface area contributed by atoms with E-state index < -0.39 is 0 Å². The van der Waals surface area contributed by atoms with Crippen LogP contribution in [0.3, 0.4) is 0 Å². The van der Waals surface area contributed by atoms with E-state index in [4.69, 9.17) is 11.7 Å². The number of benzene rings is 1. The van der Waals surface area contributed by atoms with Crippen LogP contribution < -0.4 is 0 Å². The number of hydrogen-bond donors (Lipinski definition) is 0. The summed E-state index contributed by atoms with van der Waals surface area (Å²) in [5, 5.41) is 8.75. The predicted octanol–water partition coefficient (Wildman–Crippen LogP) is 2.37. The fourth-order valence-electron chi connectivity index (χ4n) is 1.44. The molecule has 0 atom stereocenters. The van der Waals surface area contributed by atoms with Crippen molar-refractivity contribution in [1.82, 2.24) is 0 Å². The van der Waals surface area contributed by atoms with Crippen LogP contribution in [0.15, 0.2) is 18.2 Å². The minimum Gasteiger partial charge on any atom is -0.192 e. The molecule has 1 aliphatic carbocycles. The van der Waals surface area contributed by atoms with E-state index in [1.54, 1.807) is 6.07 Å². The summed E-state index contributed by atoms with van der Waals surface area (Å²) in [4.78, 5) is 0. The highest BCUT2D eigenvalue weighted by Crippen LogP contribution is 2.40. The maximum absolute atomic E-state index is 8.75. The van der Waals surface area contributed by atoms with Gasteiger partial charge in [-0.3, -0.25) is 0 Å². The summed E-state index contributed by atoms with van der Waals surface area (Å²) >= 11 is 0. The van der Waals surface area contributed by atoms with E-state index in [0.29, 0.717) is 17.0 Å². The van der Waals surface area contributed by atoms with E-state index >= 15 is 0 Å². The Kier molecular flexibility index (Phi) is 1.80. The van der Waals surface area contributed by atoms with Crippen molar-refractivity contribution in [2.45, 2.75) is 18.8 Å². The highest BCUT2D eigenvalue weighted by molar-refractivity contribution is 5.45. The van der Waals surface area contributed by atoms with Crippen LogP contribution in [-0.2, 0) is 0 Å². The van der Waals surface area contributed by atoms with Crippen molar-refractivity contribution in [3.8, 4) is 12.0 Å². The first-order valence-corrected chi connectivity index (χ1v) is 4.31. The van der Waals surface area contributed by atoms with Gasteiger partial charge in [-0.2, -0.15) is 5.26 Å². The lowest BCUT2D eigenvalue weighted by molar-refractivity contribution is 1.12. The third-order valence-corrected chi connectivity index (χ3v) is 2.28. The monoisotopic (exact) mass is 166 g/mol. The highest BCUT2D eigenvalue weighted by Gasteiger charge is 2.23. The summed E-state index contributed by atoms with van der Waals surface area (Å²) in [7, 11) is 0. The third kappa shape index (κ3) is 1.55. The summed E-state index contributed by atoms with van der Waals surface area (Å²) in [5.41, 5.74) is 2.54. The average Bonchev–Trinajstić information content (AvgIpc) is 3.00. The first-order valence-electron chi connectivity index (χ1n) is 4.31. The zero-order chi connectivity index (χ0) is 9.26. The second kappa shape index (κ2) is 2.96. The first kappa shape index (κ1) is 7.90. The molecule has 1 aliphatic rings. The second-order valence-electron chi connectivity index (χ2n) is 3.35. The standard InChI is InChI=1S/C12H8N/c1-2-9-5-10(8-13)7-12(6-9)11-3-4-11/h5-7,11H,3-4H2. The topological polar surface area (TPSA) is 23.8 Å². The van der Waals surface area contributed by atoms with Crippen LogP contribution in [0.4, 0.5) is 0 Å². The Balaban J connectivity index is 2.47. The molecule has 1 heteroatoms. The fourth-order valence-corrected chi connectivity index (χ4v) is 1.44. The lowest BCUT2D eigenvalue weighted by atomic mass is 10.0. The SMILES string of the molecule is [C]#Cc1cc(C#N)cc(C2CC2)c1. The molecular formula is C12H8N. The predicted molar refractivity (Wildman–Crippen MR) is 49.4 cm³/mol. The molecule has 13 heavy (non-hydrogen) atoms. The van der Waals surface area contributed by atoms with Crippen LogP contribution in [0.2, 0.25) is 0 Å². The van der Waals surface area contributed by atoms with E-state index in [9.17, 15) is 0 Å². The zero-order valence-electron chi connectivity index (χ0n) is 7.17. The molecule has 1 aromatic carbocycles. The molecule has 0 amide bonds. The van der Waals surface area contributed by atoms with Crippen LogP contribution in [0.5, 0.6) is 0 Å². The second-order valence-corrected chi connectivity index (χ2v) is 3.35. The molecule has 1 fully saturated rings. The molecule has 61 valence electrons. The van der Waals surface area contributed by atoms with Gasteiger partial charge in [0.15, 0.2) is 0 Å². The van der Waals surface area contributed by atoms with Crippen molar-refractivity contribution in [3.63, 3.8) is 0 Å². The van der Waals surface area contributed by atoms with Gasteiger partial charge in [-0.05, 0) is 48.9 Å². The molecule has 0 N–H and O–H groups in total. The highest BCUT2D eigenvalue weighted by atomic mass is 14.3. The van der Waals surface area contributed by atoms with Gasteiger partial charge in [-0.1, -0.05) is 5.92 Å². The van der Waals surface area contributed by atoms with Crippen LogP contribution in [0.25, 0.3) is 0 Å². The van der Waals surface area contributed by atoms with Gasteiger partial charge in [-0.15, -0.1) is 0 Å². The van der Waals surface area contributed by atoms with Gasteiger partial charge in [0.25, 0.3) is 0 Å². The molecule has 1 radical (unpaired) electrons. The molecule has 0 aliphatic heterocycles. The molecule has 0 saturated heterocycles. The average molecular weight is 166 g/mol. The van der Waals surface area contributed by atoms with Gasteiger partial charge < -0.3 is 0 Å². The van der Waals surface area contributed by atoms with Crippen molar-refractivity contribution in [3.05, 3.63) is 41.3 Å². The number of rotatable bonds is 1. The normalized spacial score (nSPS) is 14.6. The molecule has 1 nitrogen and oxygen atoms in total. The van der Waals surface area contributed by atoms with Crippen LogP contribution >= 0.6 is 0 Å². The fraction of sp³-hybridized carbons (Fsp3) is 0.250. The molecule has 0 spiro atoms. The molecule has 0 heterocycles. The third-order valence-electron chi connectivity index (χ3n) is 2.28. The lowest BCUT2D eigenvalue weighted by Crippen LogP contribution is -1.85. The largest absolute Gasteiger partial charge is 0.192 e. The lowest BCUT2D eigenvalue weighted by Gasteiger charge is -1.99. The van der Waals surface area contributed by atoms with Gasteiger partial charge >= 0.3 is 0 Å². The minimum atomic E-state index is 0.625. The van der Waals surface area contributed by atoms with Gasteiger partial charge in [0.05, 0.1) is 11.6 Å². The molecule has 0 aromatic heterocycles. The Labute approximate surface area is 78.0 Å². The number of nitrogens with zero attached hydrogens (tertiary/aromatic N) is 1. The van der Waals surface area contributed by atoms with Crippen LogP contribution in [0.1, 0.15) is 35.4 Å². The van der Waals surface area contributed by atoms with Gasteiger partial charge in [0, 0.05) is 5.56 Å². The first-order chi connectivity index (χ1) is 6.33. The minimum absolute atomic E-state index is 0.625. The Morgan fingerprint density at radius 1 is 1.23 bits per heavy atom. The maximum atomic E-state index is 8.75. The van der Waals surface area contributed by atoms with Crippen molar-refractivity contribution in [2.24, 2.45) is 0 Å². The van der Waals surface area contributed by atoms with Gasteiger partial charge in [0.2, 0.25) is 0 Å². The smallest absolute Gasteiger partial charge is 0.0992 e. The molecule has 1 aromatic rings. The van der Waals surface area contributed by atoms with Crippen LogP contribution in [-0.4, -0.2) is 0 Å². The summed E-state index contributed by atoms with van der Waals surface area (Å²) in [6.45, 7) is 0. The summed E-state index contributed by atoms with van der Waals surface area (Å²) in [5.74, 6) is 2.95. The van der Waals surface area contributed by atoms with Gasteiger partial charge in [0.1, 0.15) is 0 Å². The zero-order valence-corrected chi connectivity index (χ0v) is 7.17. The Bertz CT molecular complexity index is 381. The molecule has 0 bridgehead atoms. The van der Waals surface area contributed by atoms with E-state index in [-0.39, 0.29) is 0 Å². The molecular weight excluding hydrogens is 158 g/mol. The quantitative estimate of drug-likeness (QED) is 0.587. The summed E-state index contributed by atoms with van der Waals surface area (Å²) in [6, 6.07) is 7.66. The number of hydrogen-bond acceptors (Lipinski definition) is 1. The molecule has 0 unspecified atom stereocenters. The number of nitriles is 1. The van der Waals surface area contributed by atoms with Crippen molar-refractivity contribution in [2.75, 3.05) is 0 Å². The van der Waals surface area contributed by atoms with Crippen molar-refractivity contribution in [1.29, 1.82) is 5.26 Å². The van der Waals surface area contributed by atoms with Crippen molar-refractivity contribution >= 4 is 0 Å². The van der Waals surface area contributed by atoms with E-state index in [1.807, 2.05) is 12.1 Å². The summed E-state index contributed by atoms with van der Waals surface area (Å²) < 4.78 is 0. The maximum Gasteiger partial charge on any atom is 0.0992 e.